The van der Waals surface area contributed by atoms with E-state index in [-0.39, 0.29) is 5.92 Å². The lowest BCUT2D eigenvalue weighted by Gasteiger charge is -2.36. The molecule has 3 N–H and O–H groups in total. The number of esters is 1. The van der Waals surface area contributed by atoms with Crippen LogP contribution in [0.3, 0.4) is 0 Å². The normalized spacial score (nSPS) is 23.8. The van der Waals surface area contributed by atoms with Crippen molar-refractivity contribution in [2.75, 3.05) is 13.6 Å². The third kappa shape index (κ3) is 4.52. The van der Waals surface area contributed by atoms with Crippen molar-refractivity contribution in [1.82, 2.24) is 20.9 Å². The summed E-state index contributed by atoms with van der Waals surface area (Å²) in [5, 5.41) is 7.08. The van der Waals surface area contributed by atoms with E-state index < -0.39 is 48.0 Å². The molecule has 10 heteroatoms. The highest BCUT2D eigenvalue weighted by Crippen LogP contribution is 2.38. The average Bonchev–Trinajstić information content (AvgIpc) is 2.99. The highest BCUT2D eigenvalue weighted by molar-refractivity contribution is 6.09. The molecule has 31 heavy (non-hydrogen) atoms. The Hall–Kier alpha value is -3.43. The molecule has 1 saturated carbocycles. The van der Waals surface area contributed by atoms with Gasteiger partial charge in [-0.1, -0.05) is 50.1 Å². The second kappa shape index (κ2) is 9.15. The van der Waals surface area contributed by atoms with Crippen LogP contribution in [0.1, 0.15) is 44.3 Å². The lowest BCUT2D eigenvalue weighted by atomic mass is 9.73. The Morgan fingerprint density at radius 3 is 2.58 bits per heavy atom. The van der Waals surface area contributed by atoms with Crippen LogP contribution in [0.25, 0.3) is 0 Å². The first-order valence-corrected chi connectivity index (χ1v) is 10.2. The summed E-state index contributed by atoms with van der Waals surface area (Å²) < 4.78 is 5.30. The highest BCUT2D eigenvalue weighted by atomic mass is 16.5. The van der Waals surface area contributed by atoms with E-state index >= 15 is 0 Å². The van der Waals surface area contributed by atoms with Gasteiger partial charge in [0, 0.05) is 12.6 Å². The van der Waals surface area contributed by atoms with Crippen molar-refractivity contribution >= 4 is 29.8 Å². The number of carbonyl (C=O) groups is 5. The van der Waals surface area contributed by atoms with Crippen LogP contribution in [0, 0.1) is 5.92 Å². The number of hydrogen-bond acceptors (Lipinski definition) is 6. The van der Waals surface area contributed by atoms with E-state index in [1.807, 2.05) is 6.92 Å². The molecule has 3 atom stereocenters. The molecule has 3 rings (SSSR count). The summed E-state index contributed by atoms with van der Waals surface area (Å²) in [7, 11) is 1.34. The van der Waals surface area contributed by atoms with Crippen LogP contribution in [-0.2, 0) is 19.1 Å². The zero-order valence-electron chi connectivity index (χ0n) is 17.5. The topological polar surface area (TPSA) is 134 Å². The highest BCUT2D eigenvalue weighted by Gasteiger charge is 2.55. The van der Waals surface area contributed by atoms with Crippen LogP contribution in [0.15, 0.2) is 30.3 Å². The summed E-state index contributed by atoms with van der Waals surface area (Å²) >= 11 is 0. The number of urea groups is 2. The molecule has 1 aliphatic heterocycles. The van der Waals surface area contributed by atoms with E-state index in [1.165, 1.54) is 7.05 Å². The lowest BCUT2D eigenvalue weighted by Crippen LogP contribution is -2.54. The van der Waals surface area contributed by atoms with Gasteiger partial charge in [0.15, 0.2) is 0 Å². The fraction of sp³-hybridized carbons (Fsp3) is 0.476. The molecule has 1 spiro atoms. The molecule has 1 aromatic rings. The second-order valence-electron chi connectivity index (χ2n) is 7.79. The molecule has 2 fully saturated rings. The number of nitrogens with zero attached hydrogens (tertiary/aromatic N) is 1. The first kappa shape index (κ1) is 22.3. The van der Waals surface area contributed by atoms with Crippen LogP contribution in [0.4, 0.5) is 9.59 Å². The van der Waals surface area contributed by atoms with E-state index in [0.29, 0.717) is 12.0 Å². The molecular formula is C21H26N4O6. The van der Waals surface area contributed by atoms with Gasteiger partial charge in [0.05, 0.1) is 0 Å². The first-order chi connectivity index (χ1) is 14.8. The van der Waals surface area contributed by atoms with Gasteiger partial charge < -0.3 is 15.4 Å². The van der Waals surface area contributed by atoms with Crippen LogP contribution in [-0.4, -0.2) is 53.9 Å². The zero-order valence-corrected chi connectivity index (χ0v) is 17.5. The van der Waals surface area contributed by atoms with Crippen molar-refractivity contribution in [3.05, 3.63) is 35.9 Å². The number of carbonyl (C=O) groups excluding carboxylic acids is 5. The van der Waals surface area contributed by atoms with E-state index in [0.717, 1.165) is 24.2 Å². The molecule has 2 aliphatic rings. The molecule has 0 aromatic heterocycles. The van der Waals surface area contributed by atoms with Crippen molar-refractivity contribution in [2.24, 2.45) is 5.92 Å². The van der Waals surface area contributed by atoms with Crippen molar-refractivity contribution in [3.63, 3.8) is 0 Å². The molecule has 1 aromatic carbocycles. The third-order valence-electron chi connectivity index (χ3n) is 5.84. The van der Waals surface area contributed by atoms with Crippen molar-refractivity contribution < 1.29 is 28.7 Å². The van der Waals surface area contributed by atoms with Crippen LogP contribution in [0.2, 0.25) is 0 Å². The minimum Gasteiger partial charge on any atom is -0.446 e. The van der Waals surface area contributed by atoms with Crippen molar-refractivity contribution in [2.45, 2.75) is 44.2 Å². The van der Waals surface area contributed by atoms with Gasteiger partial charge in [-0.05, 0) is 18.8 Å². The minimum absolute atomic E-state index is 0.0471. The molecule has 1 heterocycles. The third-order valence-corrected chi connectivity index (χ3v) is 5.84. The summed E-state index contributed by atoms with van der Waals surface area (Å²) in [6.45, 7) is 1.28. The molecule has 0 radical (unpaired) electrons. The van der Waals surface area contributed by atoms with Gasteiger partial charge in [-0.3, -0.25) is 24.6 Å². The Morgan fingerprint density at radius 2 is 1.94 bits per heavy atom. The molecule has 0 unspecified atom stereocenters. The molecule has 166 valence electrons. The number of ether oxygens (including phenoxy) is 1. The van der Waals surface area contributed by atoms with Gasteiger partial charge in [0.2, 0.25) is 6.10 Å². The maximum atomic E-state index is 13.0. The summed E-state index contributed by atoms with van der Waals surface area (Å²) in [5.41, 5.74) is -0.655. The quantitative estimate of drug-likeness (QED) is 0.475. The second-order valence-corrected chi connectivity index (χ2v) is 7.79. The van der Waals surface area contributed by atoms with E-state index in [2.05, 4.69) is 16.0 Å². The van der Waals surface area contributed by atoms with Crippen LogP contribution >= 0.6 is 0 Å². The summed E-state index contributed by atoms with van der Waals surface area (Å²) in [6.07, 6.45) is 1.69. The molecule has 1 saturated heterocycles. The molecule has 6 amide bonds. The average molecular weight is 430 g/mol. The number of hydrogen-bond donors (Lipinski definition) is 3. The van der Waals surface area contributed by atoms with Crippen molar-refractivity contribution in [3.8, 4) is 0 Å². The lowest BCUT2D eigenvalue weighted by molar-refractivity contribution is -0.158. The Kier molecular flexibility index (Phi) is 6.57. The van der Waals surface area contributed by atoms with Gasteiger partial charge in [0.1, 0.15) is 12.1 Å². The van der Waals surface area contributed by atoms with Gasteiger partial charge in [0.25, 0.3) is 11.8 Å². The monoisotopic (exact) mass is 430 g/mol. The first-order valence-electron chi connectivity index (χ1n) is 10.2. The zero-order chi connectivity index (χ0) is 22.6. The predicted molar refractivity (Wildman–Crippen MR) is 108 cm³/mol. The Morgan fingerprint density at radius 1 is 1.23 bits per heavy atom. The Balaban J connectivity index is 1.73. The smallest absolute Gasteiger partial charge is 0.327 e. The minimum atomic E-state index is -1.42. The van der Waals surface area contributed by atoms with E-state index in [4.69, 9.17) is 4.74 Å². The number of amides is 6. The van der Waals surface area contributed by atoms with E-state index in [9.17, 15) is 24.0 Å². The maximum absolute atomic E-state index is 13.0. The number of imide groups is 2. The molecular weight excluding hydrogens is 404 g/mol. The fourth-order valence-corrected chi connectivity index (χ4v) is 4.08. The summed E-state index contributed by atoms with van der Waals surface area (Å²) in [6, 6.07) is 6.73. The number of rotatable bonds is 5. The number of benzene rings is 1. The van der Waals surface area contributed by atoms with Crippen LogP contribution < -0.4 is 16.0 Å². The molecule has 1 aliphatic carbocycles. The maximum Gasteiger partial charge on any atom is 0.327 e. The Bertz CT molecular complexity index is 889. The van der Waals surface area contributed by atoms with Gasteiger partial charge in [-0.15, -0.1) is 0 Å². The number of nitrogens with one attached hydrogen (secondary N) is 3. The molecule has 0 bridgehead atoms. The van der Waals surface area contributed by atoms with E-state index in [1.54, 1.807) is 30.3 Å². The summed E-state index contributed by atoms with van der Waals surface area (Å²) in [4.78, 5) is 62.9. The Labute approximate surface area is 179 Å². The van der Waals surface area contributed by atoms with Gasteiger partial charge in [-0.25, -0.2) is 9.59 Å². The predicted octanol–water partition coefficient (Wildman–Crippen LogP) is 1.23. The largest absolute Gasteiger partial charge is 0.446 e. The van der Waals surface area contributed by atoms with Crippen molar-refractivity contribution in [1.29, 1.82) is 0 Å². The molecule has 10 nitrogen and oxygen atoms in total. The van der Waals surface area contributed by atoms with Gasteiger partial charge in [-0.2, -0.15) is 0 Å². The fourth-order valence-electron chi connectivity index (χ4n) is 4.08. The SMILES string of the molecule is CNC(=O)NC(=O)[C@H](OC(=O)CN1C(=O)N[C@]2(CCCC[C@H]2C)C1=O)c1ccccc1. The van der Waals surface area contributed by atoms with Crippen LogP contribution in [0.5, 0.6) is 0 Å². The standard InChI is InChI=1S/C21H26N4O6/c1-13-8-6-7-11-21(13)18(28)25(20(30)24-21)12-15(26)31-16(14-9-4-3-5-10-14)17(27)23-19(29)22-2/h3-5,9-10,13,16H,6-8,11-12H2,1-2H3,(H,24,30)(H2,22,23,27,29)/t13-,16-,21+/m1/s1. The summed E-state index contributed by atoms with van der Waals surface area (Å²) in [5.74, 6) is -2.29. The van der Waals surface area contributed by atoms with Gasteiger partial charge >= 0.3 is 18.0 Å².